The zero-order valence-electron chi connectivity index (χ0n) is 16.1. The van der Waals surface area contributed by atoms with Crippen molar-refractivity contribution in [3.05, 3.63) is 48.0 Å². The zero-order chi connectivity index (χ0) is 20.8. The van der Waals surface area contributed by atoms with E-state index in [9.17, 15) is 9.59 Å². The Balaban J connectivity index is 1.70. The Kier molecular flexibility index (Phi) is 6.45. The quantitative estimate of drug-likeness (QED) is 0.443. The predicted octanol–water partition coefficient (Wildman–Crippen LogP) is 2.61. The molecule has 1 N–H and O–H groups in total. The lowest BCUT2D eigenvalue weighted by Crippen LogP contribution is -2.15. The fraction of sp³-hybridized carbons (Fsp3) is 0.211. The molecule has 3 rings (SSSR count). The first-order chi connectivity index (χ1) is 14.0. The average Bonchev–Trinajstić information content (AvgIpc) is 3.20. The van der Waals surface area contributed by atoms with Gasteiger partial charge < -0.3 is 14.8 Å². The van der Waals surface area contributed by atoms with Gasteiger partial charge in [0.15, 0.2) is 5.78 Å². The summed E-state index contributed by atoms with van der Waals surface area (Å²) >= 11 is 1.18. The van der Waals surface area contributed by atoms with Crippen LogP contribution in [0.15, 0.2) is 47.6 Å². The van der Waals surface area contributed by atoms with E-state index in [2.05, 4.69) is 20.8 Å². The summed E-state index contributed by atoms with van der Waals surface area (Å²) in [5.41, 5.74) is 1.71. The summed E-state index contributed by atoms with van der Waals surface area (Å²) in [6, 6.07) is 12.0. The van der Waals surface area contributed by atoms with Crippen molar-refractivity contribution in [2.75, 3.05) is 25.3 Å². The minimum absolute atomic E-state index is 0.0666. The van der Waals surface area contributed by atoms with Crippen LogP contribution in [-0.2, 0) is 4.79 Å². The Morgan fingerprint density at radius 1 is 1.14 bits per heavy atom. The number of ether oxygens (including phenoxy) is 2. The molecule has 3 aromatic rings. The monoisotopic (exact) mass is 413 g/mol. The number of Topliss-reactive ketones (excluding diaryl/α,β-unsaturated/α-hetero) is 1. The highest BCUT2D eigenvalue weighted by Gasteiger charge is 2.16. The van der Waals surface area contributed by atoms with E-state index in [0.717, 1.165) is 0 Å². The van der Waals surface area contributed by atoms with Crippen molar-refractivity contribution in [3.8, 4) is 17.2 Å². The van der Waals surface area contributed by atoms with E-state index in [0.29, 0.717) is 33.6 Å². The standard InChI is InChI=1S/C19H19N5O4S/c1-12(25)13-5-4-6-14(9-13)20-18(26)11-29-19-21-22-23-24(19)16-8-7-15(27-2)10-17(16)28-3/h4-10H,11H2,1-3H3,(H,20,26). The molecule has 1 amide bonds. The van der Waals surface area contributed by atoms with Crippen LogP contribution >= 0.6 is 11.8 Å². The highest BCUT2D eigenvalue weighted by molar-refractivity contribution is 7.99. The summed E-state index contributed by atoms with van der Waals surface area (Å²) < 4.78 is 12.1. The summed E-state index contributed by atoms with van der Waals surface area (Å²) in [4.78, 5) is 23.8. The number of carbonyl (C=O) groups is 2. The number of ketones is 1. The van der Waals surface area contributed by atoms with Gasteiger partial charge in [0.1, 0.15) is 17.2 Å². The Labute approximate surface area is 171 Å². The smallest absolute Gasteiger partial charge is 0.234 e. The SMILES string of the molecule is COc1ccc(-n2nnnc2SCC(=O)Nc2cccc(C(C)=O)c2)c(OC)c1. The molecule has 10 heteroatoms. The molecule has 0 aliphatic rings. The lowest BCUT2D eigenvalue weighted by Gasteiger charge is -2.11. The van der Waals surface area contributed by atoms with E-state index in [4.69, 9.17) is 9.47 Å². The Morgan fingerprint density at radius 2 is 1.97 bits per heavy atom. The maximum atomic E-state index is 12.3. The molecule has 1 aromatic heterocycles. The number of nitrogens with one attached hydrogen (secondary N) is 1. The van der Waals surface area contributed by atoms with Crippen LogP contribution in [0, 0.1) is 0 Å². The van der Waals surface area contributed by atoms with E-state index in [-0.39, 0.29) is 17.4 Å². The van der Waals surface area contributed by atoms with Crippen LogP contribution in [-0.4, -0.2) is 51.9 Å². The molecule has 0 unspecified atom stereocenters. The molecule has 0 aliphatic heterocycles. The van der Waals surface area contributed by atoms with Gasteiger partial charge in [0.25, 0.3) is 0 Å². The second-order valence-corrected chi connectivity index (χ2v) is 6.83. The van der Waals surface area contributed by atoms with Crippen molar-refractivity contribution in [3.63, 3.8) is 0 Å². The van der Waals surface area contributed by atoms with Gasteiger partial charge in [-0.1, -0.05) is 23.9 Å². The Bertz CT molecular complexity index is 1040. The number of carbonyl (C=O) groups excluding carboxylic acids is 2. The number of benzene rings is 2. The van der Waals surface area contributed by atoms with Gasteiger partial charge in [-0.3, -0.25) is 9.59 Å². The molecular formula is C19H19N5O4S. The summed E-state index contributed by atoms with van der Waals surface area (Å²) in [7, 11) is 3.11. The first-order valence-corrected chi connectivity index (χ1v) is 9.55. The van der Waals surface area contributed by atoms with Gasteiger partial charge in [0, 0.05) is 17.3 Å². The number of hydrogen-bond acceptors (Lipinski definition) is 8. The van der Waals surface area contributed by atoms with Gasteiger partial charge in [-0.05, 0) is 41.6 Å². The fourth-order valence-corrected chi connectivity index (χ4v) is 3.21. The van der Waals surface area contributed by atoms with Gasteiger partial charge in [-0.2, -0.15) is 4.68 Å². The zero-order valence-corrected chi connectivity index (χ0v) is 16.9. The number of rotatable bonds is 8. The molecule has 0 aliphatic carbocycles. The molecule has 0 fully saturated rings. The second kappa shape index (κ2) is 9.20. The third-order valence-electron chi connectivity index (χ3n) is 3.94. The molecule has 1 heterocycles. The summed E-state index contributed by atoms with van der Waals surface area (Å²) in [6.07, 6.45) is 0. The first kappa shape index (κ1) is 20.3. The number of aromatic nitrogens is 4. The number of thioether (sulfide) groups is 1. The Hall–Kier alpha value is -3.40. The lowest BCUT2D eigenvalue weighted by molar-refractivity contribution is -0.113. The number of hydrogen-bond donors (Lipinski definition) is 1. The maximum Gasteiger partial charge on any atom is 0.234 e. The number of methoxy groups -OCH3 is 2. The molecule has 9 nitrogen and oxygen atoms in total. The number of tetrazole rings is 1. The average molecular weight is 413 g/mol. The van der Waals surface area contributed by atoms with Crippen LogP contribution in [0.1, 0.15) is 17.3 Å². The van der Waals surface area contributed by atoms with Crippen molar-refractivity contribution in [2.45, 2.75) is 12.1 Å². The van der Waals surface area contributed by atoms with Gasteiger partial charge >= 0.3 is 0 Å². The van der Waals surface area contributed by atoms with Crippen LogP contribution in [0.5, 0.6) is 11.5 Å². The van der Waals surface area contributed by atoms with E-state index in [1.54, 1.807) is 49.6 Å². The topological polar surface area (TPSA) is 108 Å². The molecule has 2 aromatic carbocycles. The van der Waals surface area contributed by atoms with Crippen LogP contribution in [0.25, 0.3) is 5.69 Å². The molecule has 29 heavy (non-hydrogen) atoms. The fourth-order valence-electron chi connectivity index (χ4n) is 2.52. The predicted molar refractivity (Wildman–Crippen MR) is 108 cm³/mol. The molecule has 0 atom stereocenters. The number of nitrogens with zero attached hydrogens (tertiary/aromatic N) is 4. The molecule has 0 saturated carbocycles. The maximum absolute atomic E-state index is 12.3. The molecule has 0 bridgehead atoms. The van der Waals surface area contributed by atoms with E-state index in [1.165, 1.54) is 30.5 Å². The highest BCUT2D eigenvalue weighted by atomic mass is 32.2. The first-order valence-electron chi connectivity index (χ1n) is 8.56. The summed E-state index contributed by atoms with van der Waals surface area (Å²) in [5, 5.41) is 14.9. The highest BCUT2D eigenvalue weighted by Crippen LogP contribution is 2.29. The second-order valence-electron chi connectivity index (χ2n) is 5.88. The Morgan fingerprint density at radius 3 is 2.69 bits per heavy atom. The van der Waals surface area contributed by atoms with Crippen LogP contribution in [0.2, 0.25) is 0 Å². The van der Waals surface area contributed by atoms with E-state index >= 15 is 0 Å². The number of amides is 1. The minimum Gasteiger partial charge on any atom is -0.497 e. The van der Waals surface area contributed by atoms with Crippen LogP contribution in [0.3, 0.4) is 0 Å². The number of anilines is 1. The van der Waals surface area contributed by atoms with E-state index < -0.39 is 0 Å². The van der Waals surface area contributed by atoms with Crippen LogP contribution < -0.4 is 14.8 Å². The van der Waals surface area contributed by atoms with Gasteiger partial charge in [0.05, 0.1) is 20.0 Å². The lowest BCUT2D eigenvalue weighted by atomic mass is 10.1. The summed E-state index contributed by atoms with van der Waals surface area (Å²) in [6.45, 7) is 1.48. The van der Waals surface area contributed by atoms with Crippen molar-refractivity contribution in [1.29, 1.82) is 0 Å². The van der Waals surface area contributed by atoms with Crippen molar-refractivity contribution in [2.24, 2.45) is 0 Å². The van der Waals surface area contributed by atoms with Crippen LogP contribution in [0.4, 0.5) is 5.69 Å². The van der Waals surface area contributed by atoms with Crippen molar-refractivity contribution in [1.82, 2.24) is 20.2 Å². The third-order valence-corrected chi connectivity index (χ3v) is 4.86. The normalized spacial score (nSPS) is 10.4. The molecule has 0 radical (unpaired) electrons. The van der Waals surface area contributed by atoms with Gasteiger partial charge in [0.2, 0.25) is 11.1 Å². The van der Waals surface area contributed by atoms with Gasteiger partial charge in [-0.25, -0.2) is 0 Å². The molecule has 0 spiro atoms. The largest absolute Gasteiger partial charge is 0.497 e. The minimum atomic E-state index is -0.244. The van der Waals surface area contributed by atoms with Crippen molar-refractivity contribution >= 4 is 29.1 Å². The third kappa shape index (κ3) is 4.91. The summed E-state index contributed by atoms with van der Waals surface area (Å²) in [5.74, 6) is 0.947. The van der Waals surface area contributed by atoms with Gasteiger partial charge in [-0.15, -0.1) is 5.10 Å². The van der Waals surface area contributed by atoms with Crippen molar-refractivity contribution < 1.29 is 19.1 Å². The molecule has 0 saturated heterocycles. The van der Waals surface area contributed by atoms with E-state index in [1.807, 2.05) is 0 Å². The molecular weight excluding hydrogens is 394 g/mol. The molecule has 150 valence electrons.